The van der Waals surface area contributed by atoms with E-state index in [0.717, 1.165) is 22.9 Å². The van der Waals surface area contributed by atoms with Gasteiger partial charge in [0.05, 0.1) is 22.6 Å². The molecule has 2 aliphatic heterocycles. The normalized spacial score (nSPS) is 17.2. The number of carbonyl (C=O) groups is 4. The zero-order chi connectivity index (χ0) is 22.3. The standard InChI is InChI=1S/C22H19N3O5S/c1-12(2)14-9-8-13(3)10-17(14)24-18(26)11-31-21(24)23-22(29)30-25-19(27)15-6-4-5-7-16(15)20(25)28/h4-10,12H,11H2,1-3H3. The van der Waals surface area contributed by atoms with Gasteiger partial charge in [0.15, 0.2) is 5.17 Å². The van der Waals surface area contributed by atoms with Crippen LogP contribution in [-0.4, -0.2) is 39.8 Å². The second kappa shape index (κ2) is 7.99. The zero-order valence-corrected chi connectivity index (χ0v) is 17.9. The van der Waals surface area contributed by atoms with E-state index in [9.17, 15) is 19.2 Å². The SMILES string of the molecule is Cc1ccc(C(C)C)c(N2C(=O)CSC2=NC(=O)ON2C(=O)c3ccccc3C2=O)c1. The summed E-state index contributed by atoms with van der Waals surface area (Å²) in [6, 6.07) is 12.0. The summed E-state index contributed by atoms with van der Waals surface area (Å²) in [5, 5.41) is 0.536. The molecule has 31 heavy (non-hydrogen) atoms. The second-order valence-corrected chi connectivity index (χ2v) is 8.38. The minimum Gasteiger partial charge on any atom is -0.308 e. The van der Waals surface area contributed by atoms with E-state index in [2.05, 4.69) is 4.99 Å². The van der Waals surface area contributed by atoms with Crippen LogP contribution in [-0.2, 0) is 9.63 Å². The molecule has 0 aliphatic carbocycles. The van der Waals surface area contributed by atoms with Crippen LogP contribution in [0.1, 0.15) is 51.6 Å². The molecule has 0 N–H and O–H groups in total. The maximum absolute atomic E-state index is 12.6. The van der Waals surface area contributed by atoms with Gasteiger partial charge < -0.3 is 4.84 Å². The molecule has 9 heteroatoms. The fourth-order valence-corrected chi connectivity index (χ4v) is 4.29. The smallest absolute Gasteiger partial charge is 0.308 e. The largest absolute Gasteiger partial charge is 0.461 e. The predicted octanol–water partition coefficient (Wildman–Crippen LogP) is 3.90. The molecule has 0 aromatic heterocycles. The number of anilines is 1. The van der Waals surface area contributed by atoms with Crippen molar-refractivity contribution in [1.82, 2.24) is 5.06 Å². The third kappa shape index (κ3) is 3.72. The summed E-state index contributed by atoms with van der Waals surface area (Å²) in [4.78, 5) is 60.1. The summed E-state index contributed by atoms with van der Waals surface area (Å²) in [7, 11) is 0. The number of rotatable bonds is 3. The van der Waals surface area contributed by atoms with Crippen molar-refractivity contribution >= 4 is 46.4 Å². The van der Waals surface area contributed by atoms with Crippen LogP contribution in [0.15, 0.2) is 47.5 Å². The summed E-state index contributed by atoms with van der Waals surface area (Å²) in [5.41, 5.74) is 2.85. The van der Waals surface area contributed by atoms with Gasteiger partial charge in [0.1, 0.15) is 0 Å². The highest BCUT2D eigenvalue weighted by atomic mass is 32.2. The lowest BCUT2D eigenvalue weighted by molar-refractivity contribution is -0.115. The summed E-state index contributed by atoms with van der Waals surface area (Å²) in [5.74, 6) is -1.43. The van der Waals surface area contributed by atoms with E-state index >= 15 is 0 Å². The second-order valence-electron chi connectivity index (χ2n) is 7.44. The molecule has 0 radical (unpaired) electrons. The van der Waals surface area contributed by atoms with Crippen molar-refractivity contribution in [1.29, 1.82) is 0 Å². The third-order valence-corrected chi connectivity index (χ3v) is 5.85. The van der Waals surface area contributed by atoms with Crippen molar-refractivity contribution in [2.75, 3.05) is 10.7 Å². The summed E-state index contributed by atoms with van der Waals surface area (Å²) >= 11 is 1.09. The molecule has 4 amide bonds. The van der Waals surface area contributed by atoms with Gasteiger partial charge in [-0.1, -0.05) is 54.9 Å². The lowest BCUT2D eigenvalue weighted by Gasteiger charge is -2.22. The molecule has 1 fully saturated rings. The molecule has 2 aromatic rings. The zero-order valence-electron chi connectivity index (χ0n) is 17.1. The Hall–Kier alpha value is -3.46. The Kier molecular flexibility index (Phi) is 5.36. The van der Waals surface area contributed by atoms with E-state index in [4.69, 9.17) is 4.84 Å². The maximum Gasteiger partial charge on any atom is 0.461 e. The molecular weight excluding hydrogens is 418 g/mol. The predicted molar refractivity (Wildman–Crippen MR) is 116 cm³/mol. The van der Waals surface area contributed by atoms with E-state index in [1.165, 1.54) is 17.0 Å². The molecule has 2 aliphatic rings. The fourth-order valence-electron chi connectivity index (χ4n) is 3.44. The number of aryl methyl sites for hydroxylation is 1. The first-order chi connectivity index (χ1) is 14.8. The Morgan fingerprint density at radius 3 is 2.32 bits per heavy atom. The Balaban J connectivity index is 1.61. The maximum atomic E-state index is 12.6. The molecule has 0 saturated carbocycles. The van der Waals surface area contributed by atoms with Crippen LogP contribution in [0.3, 0.4) is 0 Å². The average molecular weight is 437 g/mol. The average Bonchev–Trinajstić information content (AvgIpc) is 3.20. The number of benzene rings is 2. The first kappa shape index (κ1) is 20.8. The first-order valence-corrected chi connectivity index (χ1v) is 10.6. The molecule has 0 unspecified atom stereocenters. The van der Waals surface area contributed by atoms with E-state index in [1.807, 2.05) is 39.0 Å². The van der Waals surface area contributed by atoms with Gasteiger partial charge in [-0.05, 0) is 42.2 Å². The van der Waals surface area contributed by atoms with Crippen molar-refractivity contribution in [3.63, 3.8) is 0 Å². The van der Waals surface area contributed by atoms with Crippen LogP contribution in [0.2, 0.25) is 0 Å². The number of carbonyl (C=O) groups excluding carboxylic acids is 4. The molecule has 158 valence electrons. The van der Waals surface area contributed by atoms with Crippen LogP contribution in [0.5, 0.6) is 0 Å². The van der Waals surface area contributed by atoms with E-state index < -0.39 is 17.9 Å². The number of nitrogens with zero attached hydrogens (tertiary/aromatic N) is 3. The van der Waals surface area contributed by atoms with E-state index in [1.54, 1.807) is 12.1 Å². The Morgan fingerprint density at radius 2 is 1.71 bits per heavy atom. The van der Waals surface area contributed by atoms with Crippen molar-refractivity contribution in [2.45, 2.75) is 26.7 Å². The molecule has 0 atom stereocenters. The van der Waals surface area contributed by atoms with Crippen molar-refractivity contribution in [3.8, 4) is 0 Å². The number of aliphatic imine (C=N–C) groups is 1. The molecule has 1 saturated heterocycles. The van der Waals surface area contributed by atoms with Gasteiger partial charge in [-0.3, -0.25) is 19.3 Å². The fraction of sp³-hybridized carbons (Fsp3) is 0.227. The molecule has 0 bridgehead atoms. The van der Waals surface area contributed by atoms with Crippen LogP contribution in [0.4, 0.5) is 10.5 Å². The summed E-state index contributed by atoms with van der Waals surface area (Å²) in [6.45, 7) is 5.93. The molecule has 2 aromatic carbocycles. The monoisotopic (exact) mass is 437 g/mol. The summed E-state index contributed by atoms with van der Waals surface area (Å²) in [6.07, 6.45) is -1.16. The van der Waals surface area contributed by atoms with Crippen LogP contribution in [0, 0.1) is 6.92 Å². The van der Waals surface area contributed by atoms with Gasteiger partial charge in [-0.2, -0.15) is 0 Å². The molecule has 4 rings (SSSR count). The van der Waals surface area contributed by atoms with Gasteiger partial charge in [0.2, 0.25) is 5.91 Å². The van der Waals surface area contributed by atoms with Gasteiger partial charge in [-0.25, -0.2) is 4.79 Å². The Morgan fingerprint density at radius 1 is 1.06 bits per heavy atom. The van der Waals surface area contributed by atoms with Crippen LogP contribution >= 0.6 is 11.8 Å². The number of thioether (sulfide) groups is 1. The highest BCUT2D eigenvalue weighted by Crippen LogP contribution is 2.34. The van der Waals surface area contributed by atoms with Crippen molar-refractivity contribution in [3.05, 3.63) is 64.7 Å². The highest BCUT2D eigenvalue weighted by Gasteiger charge is 2.39. The Labute approximate surface area is 182 Å². The van der Waals surface area contributed by atoms with Gasteiger partial charge in [-0.15, -0.1) is 4.99 Å². The number of hydroxylamine groups is 2. The molecule has 0 spiro atoms. The van der Waals surface area contributed by atoms with Crippen molar-refractivity contribution < 1.29 is 24.0 Å². The number of amidine groups is 1. The molecule has 8 nitrogen and oxygen atoms in total. The van der Waals surface area contributed by atoms with Crippen LogP contribution in [0.25, 0.3) is 0 Å². The first-order valence-electron chi connectivity index (χ1n) is 9.62. The van der Waals surface area contributed by atoms with E-state index in [-0.39, 0.29) is 33.9 Å². The highest BCUT2D eigenvalue weighted by molar-refractivity contribution is 8.15. The van der Waals surface area contributed by atoms with Crippen LogP contribution < -0.4 is 4.90 Å². The number of fused-ring (bicyclic) bond motifs is 1. The lowest BCUT2D eigenvalue weighted by Crippen LogP contribution is -2.34. The van der Waals surface area contributed by atoms with Gasteiger partial charge in [0, 0.05) is 0 Å². The third-order valence-electron chi connectivity index (χ3n) is 4.93. The molecular formula is C22H19N3O5S. The Bertz CT molecular complexity index is 1120. The quantitative estimate of drug-likeness (QED) is 0.676. The topological polar surface area (TPSA) is 96.3 Å². The summed E-state index contributed by atoms with van der Waals surface area (Å²) < 4.78 is 0. The number of hydrogen-bond donors (Lipinski definition) is 0. The van der Waals surface area contributed by atoms with Crippen molar-refractivity contribution in [2.24, 2.45) is 4.99 Å². The number of amides is 4. The van der Waals surface area contributed by atoms with Gasteiger partial charge >= 0.3 is 6.09 Å². The minimum atomic E-state index is -1.16. The number of hydrogen-bond acceptors (Lipinski definition) is 6. The number of imide groups is 1. The molecule has 2 heterocycles. The van der Waals surface area contributed by atoms with Gasteiger partial charge in [0.25, 0.3) is 11.8 Å². The van der Waals surface area contributed by atoms with E-state index in [0.29, 0.717) is 10.8 Å². The minimum absolute atomic E-state index is 0.116. The lowest BCUT2D eigenvalue weighted by atomic mass is 9.99.